The third-order valence-electron chi connectivity index (χ3n) is 3.29. The molecule has 3 nitrogen and oxygen atoms in total. The lowest BCUT2D eigenvalue weighted by Gasteiger charge is -2.16. The van der Waals surface area contributed by atoms with Crippen LogP contribution in [0.5, 0.6) is 5.75 Å². The van der Waals surface area contributed by atoms with Crippen molar-refractivity contribution in [3.63, 3.8) is 0 Å². The number of nitrogens with two attached hydrogens (primary N) is 1. The standard InChI is InChI=1S/C16H17NO2/c1-11(12-6-5-7-13(10-12)19-2)14-8-3-4-9-15(14)16(17)18/h3-11H,1-2H3,(H2,17,18)/t11-/m1/s1. The molecule has 0 aromatic heterocycles. The number of rotatable bonds is 4. The van der Waals surface area contributed by atoms with Crippen molar-refractivity contribution in [1.29, 1.82) is 0 Å². The van der Waals surface area contributed by atoms with Crippen LogP contribution in [-0.2, 0) is 0 Å². The molecule has 0 aliphatic heterocycles. The molecule has 0 saturated carbocycles. The molecule has 0 aliphatic carbocycles. The van der Waals surface area contributed by atoms with E-state index >= 15 is 0 Å². The van der Waals surface area contributed by atoms with Gasteiger partial charge in [0.05, 0.1) is 7.11 Å². The van der Waals surface area contributed by atoms with E-state index in [1.807, 2.05) is 42.5 Å². The number of amides is 1. The number of ether oxygens (including phenoxy) is 1. The van der Waals surface area contributed by atoms with Crippen molar-refractivity contribution in [2.24, 2.45) is 5.73 Å². The average Bonchev–Trinajstić information content (AvgIpc) is 2.46. The van der Waals surface area contributed by atoms with Crippen LogP contribution >= 0.6 is 0 Å². The summed E-state index contributed by atoms with van der Waals surface area (Å²) >= 11 is 0. The van der Waals surface area contributed by atoms with Crippen molar-refractivity contribution in [3.8, 4) is 5.75 Å². The Labute approximate surface area is 113 Å². The molecule has 0 unspecified atom stereocenters. The zero-order valence-electron chi connectivity index (χ0n) is 11.1. The molecule has 2 aromatic carbocycles. The van der Waals surface area contributed by atoms with Gasteiger partial charge in [0, 0.05) is 11.5 Å². The van der Waals surface area contributed by atoms with E-state index in [4.69, 9.17) is 10.5 Å². The highest BCUT2D eigenvalue weighted by Gasteiger charge is 2.15. The second-order valence-corrected chi connectivity index (χ2v) is 4.45. The smallest absolute Gasteiger partial charge is 0.248 e. The van der Waals surface area contributed by atoms with E-state index in [0.717, 1.165) is 16.9 Å². The van der Waals surface area contributed by atoms with Gasteiger partial charge in [0.15, 0.2) is 0 Å². The first-order valence-electron chi connectivity index (χ1n) is 6.16. The van der Waals surface area contributed by atoms with Crippen LogP contribution in [0.15, 0.2) is 48.5 Å². The van der Waals surface area contributed by atoms with Crippen LogP contribution in [0.2, 0.25) is 0 Å². The van der Waals surface area contributed by atoms with Crippen molar-refractivity contribution >= 4 is 5.91 Å². The molecule has 0 aliphatic rings. The molecule has 0 radical (unpaired) electrons. The molecular weight excluding hydrogens is 238 g/mol. The van der Waals surface area contributed by atoms with Crippen LogP contribution in [0.3, 0.4) is 0 Å². The van der Waals surface area contributed by atoms with E-state index in [0.29, 0.717) is 5.56 Å². The summed E-state index contributed by atoms with van der Waals surface area (Å²) in [6.45, 7) is 2.05. The summed E-state index contributed by atoms with van der Waals surface area (Å²) in [5.74, 6) is 0.491. The van der Waals surface area contributed by atoms with E-state index < -0.39 is 5.91 Å². The van der Waals surface area contributed by atoms with E-state index in [9.17, 15) is 4.79 Å². The highest BCUT2D eigenvalue weighted by Crippen LogP contribution is 2.28. The molecule has 1 amide bonds. The summed E-state index contributed by atoms with van der Waals surface area (Å²) < 4.78 is 5.23. The third-order valence-corrected chi connectivity index (χ3v) is 3.29. The van der Waals surface area contributed by atoms with Gasteiger partial charge < -0.3 is 10.5 Å². The molecule has 0 spiro atoms. The van der Waals surface area contributed by atoms with Crippen molar-refractivity contribution in [2.75, 3.05) is 7.11 Å². The third kappa shape index (κ3) is 2.76. The first-order valence-corrected chi connectivity index (χ1v) is 6.16. The molecule has 2 aromatic rings. The molecule has 2 rings (SSSR count). The second kappa shape index (κ2) is 5.57. The lowest BCUT2D eigenvalue weighted by atomic mass is 9.89. The van der Waals surface area contributed by atoms with Gasteiger partial charge in [-0.15, -0.1) is 0 Å². The minimum Gasteiger partial charge on any atom is -0.497 e. The maximum absolute atomic E-state index is 11.5. The number of benzene rings is 2. The van der Waals surface area contributed by atoms with Gasteiger partial charge in [0.2, 0.25) is 5.91 Å². The Kier molecular flexibility index (Phi) is 3.85. The van der Waals surface area contributed by atoms with Crippen LogP contribution in [0.1, 0.15) is 34.3 Å². The van der Waals surface area contributed by atoms with Crippen LogP contribution in [0, 0.1) is 0 Å². The SMILES string of the molecule is COc1cccc([C@@H](C)c2ccccc2C(N)=O)c1. The summed E-state index contributed by atoms with van der Waals surface area (Å²) in [4.78, 5) is 11.5. The monoisotopic (exact) mass is 255 g/mol. The average molecular weight is 255 g/mol. The van der Waals surface area contributed by atoms with Gasteiger partial charge in [-0.1, -0.05) is 37.3 Å². The van der Waals surface area contributed by atoms with Gasteiger partial charge in [0.25, 0.3) is 0 Å². The summed E-state index contributed by atoms with van der Waals surface area (Å²) in [6, 6.07) is 15.3. The lowest BCUT2D eigenvalue weighted by molar-refractivity contribution is 0.0999. The Bertz CT molecular complexity index is 593. The fourth-order valence-electron chi connectivity index (χ4n) is 2.19. The summed E-state index contributed by atoms with van der Waals surface area (Å²) in [7, 11) is 1.64. The van der Waals surface area contributed by atoms with E-state index in [2.05, 4.69) is 6.92 Å². The molecule has 2 N–H and O–H groups in total. The maximum Gasteiger partial charge on any atom is 0.248 e. The number of methoxy groups -OCH3 is 1. The number of carbonyl (C=O) groups excluding carboxylic acids is 1. The van der Waals surface area contributed by atoms with Gasteiger partial charge in [-0.25, -0.2) is 0 Å². The predicted octanol–water partition coefficient (Wildman–Crippen LogP) is 2.95. The summed E-state index contributed by atoms with van der Waals surface area (Å²) in [5.41, 5.74) is 8.01. The van der Waals surface area contributed by atoms with Crippen LogP contribution < -0.4 is 10.5 Å². The van der Waals surface area contributed by atoms with Crippen LogP contribution in [0.4, 0.5) is 0 Å². The number of primary amides is 1. The van der Waals surface area contributed by atoms with Gasteiger partial charge in [-0.2, -0.15) is 0 Å². The quantitative estimate of drug-likeness (QED) is 0.913. The molecule has 0 heterocycles. The number of hydrogen-bond donors (Lipinski definition) is 1. The normalized spacial score (nSPS) is 11.9. The first kappa shape index (κ1) is 13.1. The van der Waals surface area contributed by atoms with E-state index in [-0.39, 0.29) is 5.92 Å². The second-order valence-electron chi connectivity index (χ2n) is 4.45. The predicted molar refractivity (Wildman–Crippen MR) is 75.5 cm³/mol. The largest absolute Gasteiger partial charge is 0.497 e. The van der Waals surface area contributed by atoms with Gasteiger partial charge in [-0.3, -0.25) is 4.79 Å². The minimum atomic E-state index is -0.398. The number of hydrogen-bond acceptors (Lipinski definition) is 2. The summed E-state index contributed by atoms with van der Waals surface area (Å²) in [5, 5.41) is 0. The molecule has 0 saturated heterocycles. The Morgan fingerprint density at radius 3 is 2.58 bits per heavy atom. The van der Waals surface area contributed by atoms with Crippen LogP contribution in [0.25, 0.3) is 0 Å². The molecule has 0 fully saturated rings. The van der Waals surface area contributed by atoms with Crippen molar-refractivity contribution in [1.82, 2.24) is 0 Å². The topological polar surface area (TPSA) is 52.3 Å². The van der Waals surface area contributed by atoms with E-state index in [1.54, 1.807) is 13.2 Å². The fourth-order valence-corrected chi connectivity index (χ4v) is 2.19. The lowest BCUT2D eigenvalue weighted by Crippen LogP contribution is -2.15. The minimum absolute atomic E-state index is 0.0822. The van der Waals surface area contributed by atoms with Gasteiger partial charge in [-0.05, 0) is 29.3 Å². The molecular formula is C16H17NO2. The van der Waals surface area contributed by atoms with Crippen molar-refractivity contribution in [3.05, 3.63) is 65.2 Å². The van der Waals surface area contributed by atoms with Crippen molar-refractivity contribution < 1.29 is 9.53 Å². The zero-order valence-corrected chi connectivity index (χ0v) is 11.1. The molecule has 1 atom stereocenters. The maximum atomic E-state index is 11.5. The fraction of sp³-hybridized carbons (Fsp3) is 0.188. The molecule has 3 heteroatoms. The highest BCUT2D eigenvalue weighted by molar-refractivity contribution is 5.94. The van der Waals surface area contributed by atoms with Gasteiger partial charge >= 0.3 is 0 Å². The number of carbonyl (C=O) groups is 1. The Balaban J connectivity index is 2.43. The Morgan fingerprint density at radius 2 is 1.89 bits per heavy atom. The molecule has 98 valence electrons. The molecule has 19 heavy (non-hydrogen) atoms. The van der Waals surface area contributed by atoms with Crippen molar-refractivity contribution in [2.45, 2.75) is 12.8 Å². The van der Waals surface area contributed by atoms with E-state index in [1.165, 1.54) is 0 Å². The summed E-state index contributed by atoms with van der Waals surface area (Å²) in [6.07, 6.45) is 0. The first-order chi connectivity index (χ1) is 9.13. The Hall–Kier alpha value is -2.29. The van der Waals surface area contributed by atoms with Crippen LogP contribution in [-0.4, -0.2) is 13.0 Å². The highest BCUT2D eigenvalue weighted by atomic mass is 16.5. The molecule has 0 bridgehead atoms. The van der Waals surface area contributed by atoms with Gasteiger partial charge in [0.1, 0.15) is 5.75 Å². The zero-order chi connectivity index (χ0) is 13.8. The Morgan fingerprint density at radius 1 is 1.16 bits per heavy atom.